The molecular weight excluding hydrogens is 472 g/mol. The van der Waals surface area contributed by atoms with Crippen LogP contribution in [0.15, 0.2) is 0 Å². The van der Waals surface area contributed by atoms with Crippen molar-refractivity contribution >= 4 is 80.0 Å². The Balaban J connectivity index is -0.000000359. The fraction of sp³-hybridized carbons (Fsp3) is 1.00. The van der Waals surface area contributed by atoms with E-state index in [2.05, 4.69) is 13.8 Å². The Bertz CT molecular complexity index is 436. The molecule has 0 radical (unpaired) electrons. The largest absolute Gasteiger partial charge is 0.346 e. The Kier molecular flexibility index (Phi) is 16.5. The summed E-state index contributed by atoms with van der Waals surface area (Å²) in [5, 5.41) is 0. The smallest absolute Gasteiger partial charge is 0.0177 e. The zero-order chi connectivity index (χ0) is 16.5. The maximum Gasteiger partial charge on any atom is 0.0177 e. The van der Waals surface area contributed by atoms with Crippen LogP contribution in [0, 0.1) is 17.8 Å². The summed E-state index contributed by atoms with van der Waals surface area (Å²) in [7, 11) is -0.320. The van der Waals surface area contributed by atoms with E-state index in [1.165, 1.54) is 32.1 Å². The van der Waals surface area contributed by atoms with Crippen LogP contribution in [0.25, 0.3) is 0 Å². The molecule has 3 nitrogen and oxygen atoms in total. The molecule has 0 saturated heterocycles. The molecule has 0 amide bonds. The second-order valence-corrected chi connectivity index (χ2v) is 12.5. The number of hydrogen-bond acceptors (Lipinski definition) is 6. The molecule has 0 spiro atoms. The van der Waals surface area contributed by atoms with Crippen LogP contribution < -0.4 is 17.2 Å². The maximum absolute atomic E-state index is 6.33. The van der Waals surface area contributed by atoms with Gasteiger partial charge in [-0.05, 0) is 68.7 Å². The first-order chi connectivity index (χ1) is 10.1. The summed E-state index contributed by atoms with van der Waals surface area (Å²) in [4.78, 5) is 0. The minimum atomic E-state index is -0.320. The summed E-state index contributed by atoms with van der Waals surface area (Å²) in [6.07, 6.45) is 8.55. The third kappa shape index (κ3) is 10.0. The van der Waals surface area contributed by atoms with Gasteiger partial charge < -0.3 is 25.2 Å². The quantitative estimate of drug-likeness (QED) is 0.506. The van der Waals surface area contributed by atoms with E-state index < -0.39 is 0 Å². The monoisotopic (exact) mass is 506 g/mol. The second-order valence-electron chi connectivity index (χ2n) is 8.55. The first kappa shape index (κ1) is 32.5. The summed E-state index contributed by atoms with van der Waals surface area (Å²) >= 11 is 9.74. The van der Waals surface area contributed by atoms with Crippen molar-refractivity contribution < 1.29 is 0 Å². The minimum absolute atomic E-state index is 0. The van der Waals surface area contributed by atoms with Crippen molar-refractivity contribution in [2.45, 2.75) is 75.9 Å². The normalized spacial score (nSPS) is 34.4. The molecule has 4 fully saturated rings. The summed E-state index contributed by atoms with van der Waals surface area (Å²) < 4.78 is 0. The first-order valence-electron chi connectivity index (χ1n) is 8.48. The van der Waals surface area contributed by atoms with Crippen LogP contribution in [-0.2, 0) is 30.4 Å². The molecule has 0 aliphatic heterocycles. The van der Waals surface area contributed by atoms with Gasteiger partial charge in [-0.1, -0.05) is 13.8 Å². The highest BCUT2D eigenvalue weighted by Gasteiger charge is 2.54. The highest BCUT2D eigenvalue weighted by Crippen LogP contribution is 2.55. The number of nitrogens with two attached hydrogens (primary N) is 3. The summed E-state index contributed by atoms with van der Waals surface area (Å²) in [6.45, 7) is 4.31. The lowest BCUT2D eigenvalue weighted by Gasteiger charge is -2.59. The molecule has 1 atom stereocenters. The van der Waals surface area contributed by atoms with Gasteiger partial charge in [0.2, 0.25) is 0 Å². The predicted octanol–water partition coefficient (Wildman–Crippen LogP) is 3.58. The molecule has 0 aromatic heterocycles. The van der Waals surface area contributed by atoms with E-state index in [9.17, 15) is 0 Å². The van der Waals surface area contributed by atoms with Gasteiger partial charge in [0.15, 0.2) is 0 Å². The SMILES string of the molecule is CC(C)C[C@H](N)C[S-](=S)=S.Cl.Cl.Cl.Cl.NC12CC3CC(C1)CC(N)(C3)C2. The molecular formula is C16H36Cl4N3S3-. The summed E-state index contributed by atoms with van der Waals surface area (Å²) in [5.41, 5.74) is 18.7. The fourth-order valence-corrected chi connectivity index (χ4v) is 6.79. The van der Waals surface area contributed by atoms with Crippen molar-refractivity contribution in [3.8, 4) is 0 Å². The average molecular weight is 508 g/mol. The lowest BCUT2D eigenvalue weighted by atomic mass is 9.50. The molecule has 0 aromatic carbocycles. The van der Waals surface area contributed by atoms with Crippen LogP contribution in [0.5, 0.6) is 0 Å². The van der Waals surface area contributed by atoms with Gasteiger partial charge in [0.1, 0.15) is 0 Å². The van der Waals surface area contributed by atoms with Crippen LogP contribution in [0.4, 0.5) is 0 Å². The Labute approximate surface area is 195 Å². The molecule has 4 rings (SSSR count). The molecule has 4 aliphatic carbocycles. The van der Waals surface area contributed by atoms with Gasteiger partial charge >= 0.3 is 0 Å². The molecule has 4 bridgehead atoms. The number of rotatable bonds is 4. The van der Waals surface area contributed by atoms with Gasteiger partial charge in [-0.2, -0.15) is 0 Å². The molecule has 10 heteroatoms. The Morgan fingerprint density at radius 1 is 0.923 bits per heavy atom. The van der Waals surface area contributed by atoms with Crippen molar-refractivity contribution in [2.24, 2.45) is 35.0 Å². The van der Waals surface area contributed by atoms with Crippen LogP contribution in [0.1, 0.15) is 58.8 Å². The maximum atomic E-state index is 6.33. The zero-order valence-corrected chi connectivity index (χ0v) is 21.3. The fourth-order valence-electron chi connectivity index (χ4n) is 5.25. The Morgan fingerprint density at radius 3 is 1.58 bits per heavy atom. The van der Waals surface area contributed by atoms with Gasteiger partial charge in [0.05, 0.1) is 0 Å². The lowest BCUT2D eigenvalue weighted by Crippen LogP contribution is -2.66. The van der Waals surface area contributed by atoms with E-state index in [1.54, 1.807) is 0 Å². The van der Waals surface area contributed by atoms with Crippen molar-refractivity contribution in [3.63, 3.8) is 0 Å². The second kappa shape index (κ2) is 13.2. The van der Waals surface area contributed by atoms with E-state index in [1.807, 2.05) is 0 Å². The molecule has 4 saturated carbocycles. The average Bonchev–Trinajstić information content (AvgIpc) is 2.20. The van der Waals surface area contributed by atoms with Crippen LogP contribution >= 0.6 is 49.6 Å². The van der Waals surface area contributed by atoms with Gasteiger partial charge in [-0.25, -0.2) is 0 Å². The van der Waals surface area contributed by atoms with E-state index in [0.29, 0.717) is 5.92 Å². The predicted molar refractivity (Wildman–Crippen MR) is 132 cm³/mol. The highest BCUT2D eigenvalue weighted by atomic mass is 35.5. The molecule has 0 aromatic rings. The van der Waals surface area contributed by atoms with Crippen molar-refractivity contribution in [1.29, 1.82) is 0 Å². The summed E-state index contributed by atoms with van der Waals surface area (Å²) in [6, 6.07) is 0.221. The molecule has 26 heavy (non-hydrogen) atoms. The number of hydrogen-bond donors (Lipinski definition) is 3. The third-order valence-electron chi connectivity index (χ3n) is 5.28. The van der Waals surface area contributed by atoms with Gasteiger partial charge in [0.25, 0.3) is 0 Å². The van der Waals surface area contributed by atoms with Gasteiger partial charge in [-0.3, -0.25) is 22.4 Å². The third-order valence-corrected chi connectivity index (χ3v) is 6.79. The Hall–Kier alpha value is 1.83. The summed E-state index contributed by atoms with van der Waals surface area (Å²) in [5.74, 6) is 3.20. The molecule has 6 N–H and O–H groups in total. The van der Waals surface area contributed by atoms with Crippen LogP contribution in [-0.4, -0.2) is 22.9 Å². The van der Waals surface area contributed by atoms with E-state index in [0.717, 1.165) is 30.4 Å². The number of halogens is 4. The Morgan fingerprint density at radius 2 is 1.31 bits per heavy atom. The van der Waals surface area contributed by atoms with Crippen LogP contribution in [0.3, 0.4) is 0 Å². The zero-order valence-electron chi connectivity index (χ0n) is 15.6. The molecule has 4 aliphatic rings. The van der Waals surface area contributed by atoms with Crippen molar-refractivity contribution in [3.05, 3.63) is 0 Å². The van der Waals surface area contributed by atoms with E-state index >= 15 is 0 Å². The minimum Gasteiger partial charge on any atom is -0.346 e. The molecule has 162 valence electrons. The van der Waals surface area contributed by atoms with Gasteiger partial charge in [-0.15, -0.1) is 55.4 Å². The first-order valence-corrected chi connectivity index (χ1v) is 11.7. The van der Waals surface area contributed by atoms with Crippen molar-refractivity contribution in [1.82, 2.24) is 0 Å². The molecule has 0 unspecified atom stereocenters. The van der Waals surface area contributed by atoms with E-state index in [4.69, 9.17) is 39.6 Å². The van der Waals surface area contributed by atoms with E-state index in [-0.39, 0.29) is 74.8 Å². The highest BCUT2D eigenvalue weighted by molar-refractivity contribution is 8.46. The molecule has 0 heterocycles. The standard InChI is InChI=1S/C10H18N2.C6H14NS3.4ClH/c11-9-2-7-1-8(4-9)5-10(12,3-7)6-9;1-5(2)3-6(7)4-10(8)9;;;;/h7-8H,1-6,11-12H2;5-6H,3-4,7H2,1-2H3;4*1H/q;-1;;;;/t;6-;;;;/m.0..../s1. The topological polar surface area (TPSA) is 78.1 Å². The van der Waals surface area contributed by atoms with Crippen molar-refractivity contribution in [2.75, 3.05) is 5.75 Å². The van der Waals surface area contributed by atoms with Gasteiger partial charge in [0, 0.05) is 11.1 Å². The lowest BCUT2D eigenvalue weighted by molar-refractivity contribution is -0.0173. The van der Waals surface area contributed by atoms with Crippen LogP contribution in [0.2, 0.25) is 0 Å².